The largest absolute Gasteiger partial charge is 0.459 e. The van der Waals surface area contributed by atoms with Crippen LogP contribution in [0.25, 0.3) is 17.1 Å². The van der Waals surface area contributed by atoms with E-state index < -0.39 is 5.97 Å². The molecule has 1 aromatic heterocycles. The van der Waals surface area contributed by atoms with Crippen LogP contribution in [0.4, 0.5) is 0 Å². The van der Waals surface area contributed by atoms with Gasteiger partial charge in [0.05, 0.1) is 29.0 Å². The minimum absolute atomic E-state index is 0.0942. The predicted molar refractivity (Wildman–Crippen MR) is 74.4 cm³/mol. The van der Waals surface area contributed by atoms with E-state index in [-0.39, 0.29) is 11.7 Å². The maximum atomic E-state index is 11.7. The summed E-state index contributed by atoms with van der Waals surface area (Å²) in [6.45, 7) is 3.45. The first kappa shape index (κ1) is 13.7. The molecular formula is C15H13N3O2. The van der Waals surface area contributed by atoms with Gasteiger partial charge in [-0.15, -0.1) is 0 Å². The normalized spacial score (nSPS) is 11.4. The number of carbonyl (C=O) groups excluding carboxylic acids is 1. The Labute approximate surface area is 116 Å². The summed E-state index contributed by atoms with van der Waals surface area (Å²) in [6.07, 6.45) is 2.62. The molecule has 1 heterocycles. The number of fused-ring (bicyclic) bond motifs is 1. The Bertz CT molecular complexity index is 714. The highest BCUT2D eigenvalue weighted by Gasteiger charge is 2.12. The van der Waals surface area contributed by atoms with Gasteiger partial charge in [0.2, 0.25) is 0 Å². The summed E-state index contributed by atoms with van der Waals surface area (Å²) in [5.41, 5.74) is 1.81. The van der Waals surface area contributed by atoms with Crippen LogP contribution in [0, 0.1) is 11.3 Å². The molecule has 0 aliphatic rings. The molecule has 0 radical (unpaired) electrons. The van der Waals surface area contributed by atoms with Crippen molar-refractivity contribution in [2.75, 3.05) is 0 Å². The predicted octanol–water partition coefficient (Wildman–Crippen LogP) is 2.49. The highest BCUT2D eigenvalue weighted by Crippen LogP contribution is 2.11. The van der Waals surface area contributed by atoms with Gasteiger partial charge in [-0.25, -0.2) is 9.78 Å². The van der Waals surface area contributed by atoms with Crippen LogP contribution in [0.1, 0.15) is 19.5 Å². The molecular weight excluding hydrogens is 254 g/mol. The van der Waals surface area contributed by atoms with Crippen molar-refractivity contribution in [1.29, 1.82) is 5.26 Å². The summed E-state index contributed by atoms with van der Waals surface area (Å²) >= 11 is 0. The molecule has 0 atom stereocenters. The third-order valence-electron chi connectivity index (χ3n) is 2.44. The van der Waals surface area contributed by atoms with Crippen LogP contribution in [0.15, 0.2) is 36.0 Å². The highest BCUT2D eigenvalue weighted by atomic mass is 16.5. The van der Waals surface area contributed by atoms with Gasteiger partial charge >= 0.3 is 5.97 Å². The fourth-order valence-electron chi connectivity index (χ4n) is 1.60. The highest BCUT2D eigenvalue weighted by molar-refractivity contribution is 5.97. The first-order valence-corrected chi connectivity index (χ1v) is 6.14. The molecule has 2 aromatic rings. The number of rotatable bonds is 3. The average molecular weight is 267 g/mol. The lowest BCUT2D eigenvalue weighted by Crippen LogP contribution is -2.12. The number of hydrogen-bond donors (Lipinski definition) is 0. The molecule has 0 fully saturated rings. The van der Waals surface area contributed by atoms with Gasteiger partial charge < -0.3 is 4.74 Å². The molecule has 100 valence electrons. The minimum atomic E-state index is -0.655. The second-order valence-corrected chi connectivity index (χ2v) is 4.41. The Morgan fingerprint density at radius 1 is 1.35 bits per heavy atom. The monoisotopic (exact) mass is 267 g/mol. The summed E-state index contributed by atoms with van der Waals surface area (Å²) in [5, 5.41) is 9.02. The first-order chi connectivity index (χ1) is 9.60. The van der Waals surface area contributed by atoms with Crippen molar-refractivity contribution in [3.8, 4) is 6.07 Å². The van der Waals surface area contributed by atoms with Crippen LogP contribution in [0.5, 0.6) is 0 Å². The third kappa shape index (κ3) is 3.18. The topological polar surface area (TPSA) is 75.9 Å². The summed E-state index contributed by atoms with van der Waals surface area (Å²) < 4.78 is 4.99. The molecule has 0 bridgehead atoms. The Balaban J connectivity index is 2.35. The molecule has 0 saturated heterocycles. The van der Waals surface area contributed by atoms with Gasteiger partial charge in [-0.1, -0.05) is 12.1 Å². The van der Waals surface area contributed by atoms with Crippen molar-refractivity contribution in [3.05, 3.63) is 41.7 Å². The van der Waals surface area contributed by atoms with E-state index in [4.69, 9.17) is 10.00 Å². The second kappa shape index (κ2) is 5.93. The zero-order valence-electron chi connectivity index (χ0n) is 11.2. The minimum Gasteiger partial charge on any atom is -0.459 e. The van der Waals surface area contributed by atoms with Crippen LogP contribution in [0.3, 0.4) is 0 Å². The fraction of sp³-hybridized carbons (Fsp3) is 0.200. The zero-order chi connectivity index (χ0) is 14.5. The van der Waals surface area contributed by atoms with Gasteiger partial charge in [0.25, 0.3) is 0 Å². The van der Waals surface area contributed by atoms with E-state index in [1.165, 1.54) is 12.3 Å². The van der Waals surface area contributed by atoms with E-state index in [1.54, 1.807) is 13.8 Å². The molecule has 1 aromatic carbocycles. The standard InChI is InChI=1S/C15H13N3O2/c1-10(2)20-15(19)11(8-16)7-12-9-17-13-5-3-4-6-14(13)18-12/h3-7,9-10H,1-2H3/b11-7+. The molecule has 0 aliphatic carbocycles. The zero-order valence-corrected chi connectivity index (χ0v) is 11.2. The lowest BCUT2D eigenvalue weighted by molar-refractivity contribution is -0.142. The van der Waals surface area contributed by atoms with Gasteiger partial charge in [-0.05, 0) is 32.1 Å². The lowest BCUT2D eigenvalue weighted by atomic mass is 10.2. The molecule has 5 nitrogen and oxygen atoms in total. The molecule has 0 saturated carbocycles. The van der Waals surface area contributed by atoms with E-state index in [0.29, 0.717) is 11.2 Å². The smallest absolute Gasteiger partial charge is 0.349 e. The van der Waals surface area contributed by atoms with Gasteiger partial charge in [-0.2, -0.15) is 5.26 Å². The molecule has 0 N–H and O–H groups in total. The number of nitriles is 1. The second-order valence-electron chi connectivity index (χ2n) is 4.41. The Morgan fingerprint density at radius 2 is 2.05 bits per heavy atom. The number of carbonyl (C=O) groups is 1. The van der Waals surface area contributed by atoms with Gasteiger partial charge in [0, 0.05) is 0 Å². The van der Waals surface area contributed by atoms with Crippen LogP contribution < -0.4 is 0 Å². The first-order valence-electron chi connectivity index (χ1n) is 6.14. The van der Waals surface area contributed by atoms with Crippen molar-refractivity contribution in [3.63, 3.8) is 0 Å². The van der Waals surface area contributed by atoms with E-state index >= 15 is 0 Å². The van der Waals surface area contributed by atoms with Crippen molar-refractivity contribution in [1.82, 2.24) is 9.97 Å². The number of hydrogen-bond acceptors (Lipinski definition) is 5. The number of esters is 1. The van der Waals surface area contributed by atoms with E-state index in [1.807, 2.05) is 30.3 Å². The summed E-state index contributed by atoms with van der Waals surface area (Å²) in [7, 11) is 0. The average Bonchev–Trinajstić information content (AvgIpc) is 2.43. The molecule has 0 unspecified atom stereocenters. The fourth-order valence-corrected chi connectivity index (χ4v) is 1.60. The quantitative estimate of drug-likeness (QED) is 0.485. The summed E-state index contributed by atoms with van der Waals surface area (Å²) in [6, 6.07) is 9.20. The van der Waals surface area contributed by atoms with E-state index in [0.717, 1.165) is 5.52 Å². The van der Waals surface area contributed by atoms with Crippen LogP contribution in [-0.4, -0.2) is 22.0 Å². The van der Waals surface area contributed by atoms with Crippen molar-refractivity contribution in [2.24, 2.45) is 0 Å². The Kier molecular flexibility index (Phi) is 4.06. The van der Waals surface area contributed by atoms with Crippen LogP contribution >= 0.6 is 0 Å². The maximum absolute atomic E-state index is 11.7. The van der Waals surface area contributed by atoms with Crippen LogP contribution in [0.2, 0.25) is 0 Å². The van der Waals surface area contributed by atoms with Gasteiger partial charge in [-0.3, -0.25) is 4.98 Å². The number of nitrogens with zero attached hydrogens (tertiary/aromatic N) is 3. The number of benzene rings is 1. The molecule has 0 spiro atoms. The van der Waals surface area contributed by atoms with Gasteiger partial charge in [0.15, 0.2) is 0 Å². The molecule has 5 heteroatoms. The van der Waals surface area contributed by atoms with Crippen molar-refractivity contribution in [2.45, 2.75) is 20.0 Å². The number of aromatic nitrogens is 2. The Morgan fingerprint density at radius 3 is 2.70 bits per heavy atom. The maximum Gasteiger partial charge on any atom is 0.349 e. The van der Waals surface area contributed by atoms with E-state index in [2.05, 4.69) is 9.97 Å². The third-order valence-corrected chi connectivity index (χ3v) is 2.44. The molecule has 0 amide bonds. The van der Waals surface area contributed by atoms with Gasteiger partial charge in [0.1, 0.15) is 11.6 Å². The van der Waals surface area contributed by atoms with Crippen molar-refractivity contribution < 1.29 is 9.53 Å². The lowest BCUT2D eigenvalue weighted by Gasteiger charge is -2.06. The van der Waals surface area contributed by atoms with Crippen molar-refractivity contribution >= 4 is 23.1 Å². The molecule has 0 aliphatic heterocycles. The number of ether oxygens (including phenoxy) is 1. The summed E-state index contributed by atoms with van der Waals surface area (Å²) in [4.78, 5) is 20.2. The SMILES string of the molecule is CC(C)OC(=O)/C(C#N)=C/c1cnc2ccccc2n1. The molecule has 2 rings (SSSR count). The van der Waals surface area contributed by atoms with E-state index in [9.17, 15) is 4.79 Å². The summed E-state index contributed by atoms with van der Waals surface area (Å²) in [5.74, 6) is -0.655. The van der Waals surface area contributed by atoms with Crippen LogP contribution in [-0.2, 0) is 9.53 Å². The molecule has 20 heavy (non-hydrogen) atoms. The Hall–Kier alpha value is -2.74. The number of para-hydroxylation sites is 2.